The number of aliphatic hydroxyl groups is 1. The van der Waals surface area contributed by atoms with Gasteiger partial charge in [-0.05, 0) is 41.5 Å². The maximum Gasteiger partial charge on any atom is 0.410 e. The Hall–Kier alpha value is -0.820. The number of carbonyl (C=O) groups is 1. The first kappa shape index (κ1) is 13.6. The number of amides is 1. The number of nitrogens with one attached hydrogen (secondary N) is 1. The number of hydrogen-bond donors (Lipinski definition) is 2. The van der Waals surface area contributed by atoms with E-state index in [1.807, 2.05) is 18.2 Å². The molecule has 1 saturated carbocycles. The fraction of sp³-hybridized carbons (Fsp3) is 0.462. The van der Waals surface area contributed by atoms with E-state index >= 15 is 0 Å². The van der Waals surface area contributed by atoms with Crippen LogP contribution in [0.15, 0.2) is 24.3 Å². The average Bonchev–Trinajstić information content (AvgIpc) is 3.13. The Kier molecular flexibility index (Phi) is 4.11. The van der Waals surface area contributed by atoms with Crippen molar-refractivity contribution < 1.29 is 14.6 Å². The van der Waals surface area contributed by atoms with Crippen LogP contribution in [-0.4, -0.2) is 17.2 Å². The second kappa shape index (κ2) is 5.44. The fourth-order valence-electron chi connectivity index (χ4n) is 1.67. The van der Waals surface area contributed by atoms with Crippen LogP contribution in [0.25, 0.3) is 0 Å². The molecule has 1 aliphatic carbocycles. The number of benzene rings is 1. The van der Waals surface area contributed by atoms with Crippen LogP contribution in [0, 0.1) is 3.57 Å². The van der Waals surface area contributed by atoms with Crippen molar-refractivity contribution in [2.24, 2.45) is 0 Å². The van der Waals surface area contributed by atoms with Crippen molar-refractivity contribution in [3.63, 3.8) is 0 Å². The van der Waals surface area contributed by atoms with Crippen molar-refractivity contribution in [1.82, 2.24) is 5.32 Å². The molecule has 98 valence electrons. The van der Waals surface area contributed by atoms with Gasteiger partial charge in [-0.25, -0.2) is 4.79 Å². The molecule has 1 amide bonds. The summed E-state index contributed by atoms with van der Waals surface area (Å²) in [6.45, 7) is 1.79. The van der Waals surface area contributed by atoms with Gasteiger partial charge in [-0.1, -0.05) is 25.1 Å². The highest BCUT2D eigenvalue weighted by Gasteiger charge is 2.35. The lowest BCUT2D eigenvalue weighted by molar-refractivity contribution is -0.172. The van der Waals surface area contributed by atoms with Crippen LogP contribution < -0.4 is 5.32 Å². The minimum Gasteiger partial charge on any atom is -0.413 e. The largest absolute Gasteiger partial charge is 0.413 e. The highest BCUT2D eigenvalue weighted by molar-refractivity contribution is 14.1. The molecular formula is C13H16INO3. The molecule has 0 radical (unpaired) electrons. The van der Waals surface area contributed by atoms with Gasteiger partial charge in [-0.3, -0.25) is 0 Å². The lowest BCUT2D eigenvalue weighted by Gasteiger charge is -2.28. The van der Waals surface area contributed by atoms with Crippen LogP contribution in [0.3, 0.4) is 0 Å². The van der Waals surface area contributed by atoms with Crippen LogP contribution in [-0.2, 0) is 10.5 Å². The van der Waals surface area contributed by atoms with E-state index in [1.54, 1.807) is 13.0 Å². The van der Waals surface area contributed by atoms with Gasteiger partial charge in [0.25, 0.3) is 0 Å². The predicted octanol–water partition coefficient (Wildman–Crippen LogP) is 2.73. The van der Waals surface area contributed by atoms with Crippen LogP contribution in [0.2, 0.25) is 0 Å². The first-order chi connectivity index (χ1) is 8.55. The Labute approximate surface area is 120 Å². The predicted molar refractivity (Wildman–Crippen MR) is 76.0 cm³/mol. The van der Waals surface area contributed by atoms with Crippen molar-refractivity contribution in [3.05, 3.63) is 33.4 Å². The third kappa shape index (κ3) is 3.14. The van der Waals surface area contributed by atoms with Gasteiger partial charge in [0.2, 0.25) is 5.79 Å². The second-order valence-corrected chi connectivity index (χ2v) is 5.59. The smallest absolute Gasteiger partial charge is 0.410 e. The number of hydrogen-bond acceptors (Lipinski definition) is 3. The number of alkyl carbamates (subject to hydrolysis) is 1. The highest BCUT2D eigenvalue weighted by atomic mass is 127. The Balaban J connectivity index is 2.13. The van der Waals surface area contributed by atoms with Crippen LogP contribution >= 0.6 is 22.6 Å². The molecule has 0 saturated heterocycles. The summed E-state index contributed by atoms with van der Waals surface area (Å²) < 4.78 is 6.08. The first-order valence-corrected chi connectivity index (χ1v) is 7.10. The quantitative estimate of drug-likeness (QED) is 0.641. The zero-order valence-corrected chi connectivity index (χ0v) is 12.3. The molecule has 4 nitrogen and oxygen atoms in total. The van der Waals surface area contributed by atoms with E-state index < -0.39 is 11.9 Å². The molecule has 0 aliphatic heterocycles. The summed E-state index contributed by atoms with van der Waals surface area (Å²) in [6.07, 6.45) is 1.73. The van der Waals surface area contributed by atoms with E-state index in [2.05, 4.69) is 27.9 Å². The monoisotopic (exact) mass is 361 g/mol. The topological polar surface area (TPSA) is 58.6 Å². The van der Waals surface area contributed by atoms with Crippen molar-refractivity contribution in [3.8, 4) is 0 Å². The van der Waals surface area contributed by atoms with Crippen molar-refractivity contribution in [2.45, 2.75) is 38.0 Å². The molecule has 1 aromatic rings. The van der Waals surface area contributed by atoms with E-state index in [4.69, 9.17) is 4.74 Å². The van der Waals surface area contributed by atoms with Gasteiger partial charge < -0.3 is 15.2 Å². The second-order valence-electron chi connectivity index (χ2n) is 4.43. The molecule has 0 unspecified atom stereocenters. The summed E-state index contributed by atoms with van der Waals surface area (Å²) in [6, 6.07) is 7.56. The molecule has 18 heavy (non-hydrogen) atoms. The number of ether oxygens (including phenoxy) is 1. The molecule has 0 spiro atoms. The van der Waals surface area contributed by atoms with Gasteiger partial charge in [0.15, 0.2) is 0 Å². The van der Waals surface area contributed by atoms with Crippen LogP contribution in [0.4, 0.5) is 4.79 Å². The van der Waals surface area contributed by atoms with Gasteiger partial charge in [0.05, 0.1) is 0 Å². The van der Waals surface area contributed by atoms with E-state index in [0.717, 1.165) is 16.4 Å². The molecule has 1 fully saturated rings. The molecule has 5 heteroatoms. The zero-order valence-electron chi connectivity index (χ0n) is 10.1. The number of halogens is 1. The summed E-state index contributed by atoms with van der Waals surface area (Å²) in [5, 5.41) is 13.2. The highest BCUT2D eigenvalue weighted by Crippen LogP contribution is 2.30. The lowest BCUT2D eigenvalue weighted by atomic mass is 10.0. The maximum absolute atomic E-state index is 11.7. The number of rotatable bonds is 4. The molecule has 1 aliphatic rings. The van der Waals surface area contributed by atoms with E-state index in [-0.39, 0.29) is 6.04 Å². The van der Waals surface area contributed by atoms with E-state index in [1.165, 1.54) is 0 Å². The summed E-state index contributed by atoms with van der Waals surface area (Å²) in [7, 11) is 0. The van der Waals surface area contributed by atoms with Gasteiger partial charge >= 0.3 is 6.09 Å². The van der Waals surface area contributed by atoms with Gasteiger partial charge in [-0.15, -0.1) is 0 Å². The third-order valence-corrected chi connectivity index (χ3v) is 3.88. The standard InChI is InChI=1S/C13H16INO3/c1-2-13(17,10-5-3-4-6-11(10)14)18-12(16)15-9-7-8-9/h3-6,9,17H,2,7-8H2,1H3,(H,15,16)/t13-/m0/s1. The molecule has 2 rings (SSSR count). The minimum atomic E-state index is -1.56. The molecule has 0 bridgehead atoms. The molecule has 2 N–H and O–H groups in total. The summed E-state index contributed by atoms with van der Waals surface area (Å²) >= 11 is 2.12. The summed E-state index contributed by atoms with van der Waals surface area (Å²) in [5.41, 5.74) is 0.624. The van der Waals surface area contributed by atoms with E-state index in [9.17, 15) is 9.90 Å². The SMILES string of the molecule is CC[C@](O)(OC(=O)NC1CC1)c1ccccc1I. The van der Waals surface area contributed by atoms with Gasteiger partial charge in [-0.2, -0.15) is 0 Å². The van der Waals surface area contributed by atoms with Crippen molar-refractivity contribution in [2.75, 3.05) is 0 Å². The van der Waals surface area contributed by atoms with E-state index in [0.29, 0.717) is 12.0 Å². The minimum absolute atomic E-state index is 0.216. The van der Waals surface area contributed by atoms with Crippen molar-refractivity contribution >= 4 is 28.7 Å². The van der Waals surface area contributed by atoms with Crippen LogP contribution in [0.5, 0.6) is 0 Å². The van der Waals surface area contributed by atoms with Crippen LogP contribution in [0.1, 0.15) is 31.7 Å². The Bertz CT molecular complexity index is 448. The first-order valence-electron chi connectivity index (χ1n) is 6.02. The van der Waals surface area contributed by atoms with Crippen molar-refractivity contribution in [1.29, 1.82) is 0 Å². The summed E-state index contributed by atoms with van der Waals surface area (Å²) in [4.78, 5) is 11.7. The third-order valence-electron chi connectivity index (χ3n) is 2.93. The molecule has 1 atom stereocenters. The maximum atomic E-state index is 11.7. The Morgan fingerprint density at radius 1 is 1.56 bits per heavy atom. The normalized spacial score (nSPS) is 17.9. The summed E-state index contributed by atoms with van der Waals surface area (Å²) in [5.74, 6) is -1.56. The number of carbonyl (C=O) groups excluding carboxylic acids is 1. The molecule has 0 aromatic heterocycles. The molecular weight excluding hydrogens is 345 g/mol. The molecule has 0 heterocycles. The zero-order chi connectivity index (χ0) is 13.2. The fourth-order valence-corrected chi connectivity index (χ4v) is 2.48. The lowest BCUT2D eigenvalue weighted by Crippen LogP contribution is -2.38. The average molecular weight is 361 g/mol. The Morgan fingerprint density at radius 2 is 2.22 bits per heavy atom. The molecule has 1 aromatic carbocycles. The van der Waals surface area contributed by atoms with Gasteiger partial charge in [0.1, 0.15) is 0 Å². The Morgan fingerprint density at radius 3 is 2.78 bits per heavy atom. The van der Waals surface area contributed by atoms with Gasteiger partial charge in [0, 0.05) is 21.6 Å².